The highest BCUT2D eigenvalue weighted by Gasteiger charge is 2.39. The topological polar surface area (TPSA) is 41.9 Å². The second-order valence-corrected chi connectivity index (χ2v) is 7.08. The first-order valence-corrected chi connectivity index (χ1v) is 8.35. The number of rotatable bonds is 2. The van der Waals surface area contributed by atoms with Gasteiger partial charge in [0.25, 0.3) is 0 Å². The summed E-state index contributed by atoms with van der Waals surface area (Å²) in [4.78, 5) is 16.4. The molecule has 0 aliphatic carbocycles. The van der Waals surface area contributed by atoms with Gasteiger partial charge in [-0.25, -0.2) is 0 Å². The van der Waals surface area contributed by atoms with Crippen LogP contribution in [0.1, 0.15) is 0 Å². The number of benzene rings is 1. The minimum Gasteiger partial charge on any atom is -0.406 e. The van der Waals surface area contributed by atoms with Gasteiger partial charge in [-0.3, -0.25) is 4.79 Å². The lowest BCUT2D eigenvalue weighted by molar-refractivity contribution is -0.169. The van der Waals surface area contributed by atoms with Crippen LogP contribution in [0.4, 0.5) is 13.2 Å². The van der Waals surface area contributed by atoms with Gasteiger partial charge in [-0.1, -0.05) is 26.6 Å². The maximum absolute atomic E-state index is 12.1. The number of carbonyl (C=O) groups is 1. The lowest BCUT2D eigenvalue weighted by atomic mass is 10.3. The number of alkyl halides is 3. The summed E-state index contributed by atoms with van der Waals surface area (Å²) < 4.78 is 40.5. The van der Waals surface area contributed by atoms with Crippen molar-refractivity contribution >= 4 is 32.5 Å². The van der Waals surface area contributed by atoms with E-state index >= 15 is 0 Å². The molecule has 1 saturated heterocycles. The van der Waals surface area contributed by atoms with E-state index < -0.39 is 22.8 Å². The highest BCUT2D eigenvalue weighted by Crippen LogP contribution is 2.19. The fourth-order valence-electron chi connectivity index (χ4n) is 1.62. The maximum Gasteiger partial charge on any atom is 0.474 e. The molecule has 1 amide bonds. The van der Waals surface area contributed by atoms with E-state index in [-0.39, 0.29) is 0 Å². The molecule has 4 nitrogen and oxygen atoms in total. The number of carbonyl (C=O) groups excluding carboxylic acids is 1. The molecule has 1 aromatic rings. The van der Waals surface area contributed by atoms with Crippen molar-refractivity contribution < 1.29 is 22.8 Å². The molecule has 21 heavy (non-hydrogen) atoms. The molecule has 0 atom stereocenters. The molecule has 0 aromatic heterocycles. The van der Waals surface area contributed by atoms with Gasteiger partial charge in [-0.2, -0.15) is 17.5 Å². The van der Waals surface area contributed by atoms with Gasteiger partial charge in [0.2, 0.25) is 0 Å². The average molecular weight is 385 g/mol. The third-order valence-electron chi connectivity index (χ3n) is 2.66. The molecule has 116 valence electrons. The van der Waals surface area contributed by atoms with Gasteiger partial charge in [0, 0.05) is 29.1 Å². The van der Waals surface area contributed by atoms with Crippen molar-refractivity contribution in [3.63, 3.8) is 0 Å². The van der Waals surface area contributed by atoms with Gasteiger partial charge in [-0.15, -0.1) is 5.06 Å². The number of nitrogens with zero attached hydrogens (tertiary/aromatic N) is 2. The Kier molecular flexibility index (Phi) is 5.39. The number of hydrogen-bond acceptors (Lipinski definition) is 3. The summed E-state index contributed by atoms with van der Waals surface area (Å²) in [7, 11) is -0.877. The molecule has 0 unspecified atom stereocenters. The maximum atomic E-state index is 12.1. The van der Waals surface area contributed by atoms with Crippen LogP contribution in [0.2, 0.25) is 0 Å². The number of halogens is 4. The molecular formula is C12H12BrF3N2O2S. The molecule has 1 aromatic carbocycles. The summed E-state index contributed by atoms with van der Waals surface area (Å²) in [6.45, 7) is 0.877. The van der Waals surface area contributed by atoms with Gasteiger partial charge >= 0.3 is 12.1 Å². The molecule has 0 bridgehead atoms. The highest BCUT2D eigenvalue weighted by molar-refractivity contribution is 9.10. The van der Waals surface area contributed by atoms with E-state index in [0.29, 0.717) is 30.3 Å². The van der Waals surface area contributed by atoms with Crippen LogP contribution in [0.25, 0.3) is 0 Å². The number of amides is 1. The molecule has 1 aliphatic heterocycles. The normalized spacial score (nSPS) is 17.5. The van der Waals surface area contributed by atoms with Crippen LogP contribution in [0.5, 0.6) is 5.75 Å². The van der Waals surface area contributed by atoms with Crippen LogP contribution in [0, 0.1) is 0 Å². The van der Waals surface area contributed by atoms with E-state index in [9.17, 15) is 18.0 Å². The summed E-state index contributed by atoms with van der Waals surface area (Å²) in [6, 6.07) is 7.24. The largest absolute Gasteiger partial charge is 0.474 e. The van der Waals surface area contributed by atoms with E-state index in [1.165, 1.54) is 0 Å². The first-order valence-electron chi connectivity index (χ1n) is 6.03. The molecule has 0 saturated carbocycles. The lowest BCUT2D eigenvalue weighted by Crippen LogP contribution is -2.40. The Balaban J connectivity index is 1.87. The SMILES string of the molecule is O=C(N=S1CCN(Oc2ccc(Br)cc2)CC1)C(F)(F)F. The van der Waals surface area contributed by atoms with Crippen LogP contribution in [-0.2, 0) is 15.5 Å². The summed E-state index contributed by atoms with van der Waals surface area (Å²) in [5, 5.41) is 1.67. The Bertz CT molecular complexity index is 538. The second-order valence-electron chi connectivity index (χ2n) is 4.24. The Labute approximate surface area is 130 Å². The van der Waals surface area contributed by atoms with Gasteiger partial charge in [0.15, 0.2) is 0 Å². The predicted octanol–water partition coefficient (Wildman–Crippen LogP) is 2.95. The van der Waals surface area contributed by atoms with Crippen LogP contribution in [0.15, 0.2) is 33.1 Å². The molecule has 0 N–H and O–H groups in total. The Morgan fingerprint density at radius 3 is 2.33 bits per heavy atom. The molecule has 1 aliphatic rings. The number of hydrogen-bond donors (Lipinski definition) is 0. The Hall–Kier alpha value is -0.930. The smallest absolute Gasteiger partial charge is 0.406 e. The molecule has 1 heterocycles. The van der Waals surface area contributed by atoms with Crippen molar-refractivity contribution in [2.75, 3.05) is 24.6 Å². The molecule has 2 rings (SSSR count). The van der Waals surface area contributed by atoms with Gasteiger partial charge in [0.1, 0.15) is 5.75 Å². The van der Waals surface area contributed by atoms with Crippen molar-refractivity contribution in [2.45, 2.75) is 6.18 Å². The van der Waals surface area contributed by atoms with E-state index in [0.717, 1.165) is 4.47 Å². The monoisotopic (exact) mass is 384 g/mol. The van der Waals surface area contributed by atoms with Crippen molar-refractivity contribution in [2.24, 2.45) is 4.36 Å². The second kappa shape index (κ2) is 6.89. The Morgan fingerprint density at radius 2 is 1.81 bits per heavy atom. The minimum absolute atomic E-state index is 0.387. The molecule has 9 heteroatoms. The van der Waals surface area contributed by atoms with E-state index in [1.807, 2.05) is 12.1 Å². The lowest BCUT2D eigenvalue weighted by Gasteiger charge is -2.27. The fraction of sp³-hybridized carbons (Fsp3) is 0.417. The Morgan fingerprint density at radius 1 is 1.24 bits per heavy atom. The van der Waals surface area contributed by atoms with Crippen molar-refractivity contribution in [3.05, 3.63) is 28.7 Å². The van der Waals surface area contributed by atoms with Crippen molar-refractivity contribution in [1.29, 1.82) is 0 Å². The quantitative estimate of drug-likeness (QED) is 0.786. The van der Waals surface area contributed by atoms with Crippen LogP contribution < -0.4 is 4.84 Å². The molecular weight excluding hydrogens is 373 g/mol. The first-order chi connectivity index (χ1) is 9.84. The predicted molar refractivity (Wildman–Crippen MR) is 76.9 cm³/mol. The van der Waals surface area contributed by atoms with Crippen LogP contribution in [-0.4, -0.2) is 41.7 Å². The summed E-state index contributed by atoms with van der Waals surface area (Å²) in [5.74, 6) is -0.562. The standard InChI is InChI=1S/C12H12BrF3N2O2S/c13-9-1-3-10(4-2-9)20-18-5-7-21(8-6-18)17-11(19)12(14,15)16/h1-4H,5-8H2. The van der Waals surface area contributed by atoms with Gasteiger partial charge in [0.05, 0.1) is 0 Å². The third kappa shape index (κ3) is 5.08. The highest BCUT2D eigenvalue weighted by atomic mass is 79.9. The zero-order valence-electron chi connectivity index (χ0n) is 10.8. The summed E-state index contributed by atoms with van der Waals surface area (Å²) >= 11 is 3.31. The zero-order chi connectivity index (χ0) is 15.5. The summed E-state index contributed by atoms with van der Waals surface area (Å²) in [6.07, 6.45) is -4.88. The number of hydroxylamine groups is 2. The fourth-order valence-corrected chi connectivity index (χ4v) is 3.44. The average Bonchev–Trinajstić information content (AvgIpc) is 2.42. The van der Waals surface area contributed by atoms with E-state index in [1.54, 1.807) is 17.2 Å². The van der Waals surface area contributed by atoms with Crippen molar-refractivity contribution in [1.82, 2.24) is 5.06 Å². The van der Waals surface area contributed by atoms with Crippen LogP contribution >= 0.6 is 15.9 Å². The molecule has 0 radical (unpaired) electrons. The zero-order valence-corrected chi connectivity index (χ0v) is 13.2. The first kappa shape index (κ1) is 16.4. The van der Waals surface area contributed by atoms with Gasteiger partial charge in [-0.05, 0) is 24.3 Å². The molecule has 0 spiro atoms. The van der Waals surface area contributed by atoms with E-state index in [4.69, 9.17) is 4.84 Å². The van der Waals surface area contributed by atoms with Crippen LogP contribution in [0.3, 0.4) is 0 Å². The van der Waals surface area contributed by atoms with Crippen molar-refractivity contribution in [3.8, 4) is 5.75 Å². The summed E-state index contributed by atoms with van der Waals surface area (Å²) in [5.41, 5.74) is 0. The van der Waals surface area contributed by atoms with E-state index in [2.05, 4.69) is 20.3 Å². The third-order valence-corrected chi connectivity index (χ3v) is 4.92. The molecule has 1 fully saturated rings. The van der Waals surface area contributed by atoms with Gasteiger partial charge < -0.3 is 4.84 Å². The minimum atomic E-state index is -4.88.